The summed E-state index contributed by atoms with van der Waals surface area (Å²) >= 11 is 0. The molecule has 0 spiro atoms. The average Bonchev–Trinajstić information content (AvgIpc) is 3.75. The highest BCUT2D eigenvalue weighted by Crippen LogP contribution is 2.27. The minimum atomic E-state index is 0.298. The van der Waals surface area contributed by atoms with E-state index in [1.807, 2.05) is 30.6 Å². The van der Waals surface area contributed by atoms with Gasteiger partial charge in [0.15, 0.2) is 5.82 Å². The fourth-order valence-electron chi connectivity index (χ4n) is 5.04. The van der Waals surface area contributed by atoms with Crippen LogP contribution < -0.4 is 10.6 Å². The topological polar surface area (TPSA) is 133 Å². The highest BCUT2D eigenvalue weighted by molar-refractivity contribution is 5.81. The van der Waals surface area contributed by atoms with Crippen LogP contribution in [0.15, 0.2) is 49.2 Å². The van der Waals surface area contributed by atoms with Crippen LogP contribution in [-0.4, -0.2) is 53.0 Å². The van der Waals surface area contributed by atoms with E-state index in [1.54, 1.807) is 18.6 Å². The van der Waals surface area contributed by atoms with Crippen LogP contribution >= 0.6 is 0 Å². The lowest BCUT2D eigenvalue weighted by atomic mass is 10.1. The van der Waals surface area contributed by atoms with E-state index in [0.29, 0.717) is 23.6 Å². The molecule has 0 aliphatic carbocycles. The zero-order chi connectivity index (χ0) is 23.9. The predicted molar refractivity (Wildman–Crippen MR) is 136 cm³/mol. The van der Waals surface area contributed by atoms with E-state index in [2.05, 4.69) is 45.5 Å². The van der Waals surface area contributed by atoms with Gasteiger partial charge in [-0.3, -0.25) is 4.98 Å². The van der Waals surface area contributed by atoms with Crippen LogP contribution in [0.4, 0.5) is 0 Å². The molecular weight excluding hydrogens is 452 g/mol. The number of hydrogen-bond acceptors (Lipinski definition) is 8. The number of fused-ring (bicyclic) bond motifs is 1. The van der Waals surface area contributed by atoms with Crippen molar-refractivity contribution >= 4 is 11.0 Å². The Labute approximate surface area is 207 Å². The third-order valence-electron chi connectivity index (χ3n) is 7.02. The molecule has 180 valence electrons. The molecule has 0 bridgehead atoms. The number of aromatic nitrogens is 8. The molecule has 4 N–H and O–H groups in total. The average molecular weight is 479 g/mol. The summed E-state index contributed by atoms with van der Waals surface area (Å²) in [6.07, 6.45) is 13.6. The van der Waals surface area contributed by atoms with Gasteiger partial charge in [0.2, 0.25) is 0 Å². The van der Waals surface area contributed by atoms with Crippen LogP contribution in [0.25, 0.3) is 45.1 Å². The lowest BCUT2D eigenvalue weighted by molar-refractivity contribution is 0.613. The fourth-order valence-corrected chi connectivity index (χ4v) is 5.04. The summed E-state index contributed by atoms with van der Waals surface area (Å²) in [5.41, 5.74) is 6.06. The summed E-state index contributed by atoms with van der Waals surface area (Å²) in [4.78, 5) is 34.5. The van der Waals surface area contributed by atoms with E-state index in [4.69, 9.17) is 4.98 Å². The molecule has 1 aromatic carbocycles. The van der Waals surface area contributed by atoms with Gasteiger partial charge >= 0.3 is 0 Å². The molecule has 2 aliphatic rings. The van der Waals surface area contributed by atoms with Crippen molar-refractivity contribution in [3.8, 4) is 34.0 Å². The quantitative estimate of drug-likeness (QED) is 0.300. The molecule has 2 aliphatic heterocycles. The number of imidazole rings is 2. The molecular formula is C26H26N10. The Morgan fingerprint density at radius 3 is 1.94 bits per heavy atom. The van der Waals surface area contributed by atoms with Gasteiger partial charge in [0.1, 0.15) is 17.3 Å². The van der Waals surface area contributed by atoms with E-state index in [-0.39, 0.29) is 0 Å². The molecule has 2 fully saturated rings. The Balaban J connectivity index is 1.11. The van der Waals surface area contributed by atoms with Gasteiger partial charge in [-0.25, -0.2) is 24.9 Å². The third kappa shape index (κ3) is 3.94. The predicted octanol–water partition coefficient (Wildman–Crippen LogP) is 3.72. The second-order valence-electron chi connectivity index (χ2n) is 9.42. The van der Waals surface area contributed by atoms with Crippen LogP contribution in [0.3, 0.4) is 0 Å². The van der Waals surface area contributed by atoms with Gasteiger partial charge in [-0.15, -0.1) is 0 Å². The van der Waals surface area contributed by atoms with Crippen molar-refractivity contribution in [2.45, 2.75) is 37.8 Å². The lowest BCUT2D eigenvalue weighted by Crippen LogP contribution is -2.14. The first-order valence-corrected chi connectivity index (χ1v) is 12.5. The van der Waals surface area contributed by atoms with Gasteiger partial charge in [0.05, 0.1) is 53.1 Å². The number of H-pyrrole nitrogens is 2. The van der Waals surface area contributed by atoms with Gasteiger partial charge in [-0.05, 0) is 50.9 Å². The largest absolute Gasteiger partial charge is 0.341 e. The molecule has 0 amide bonds. The van der Waals surface area contributed by atoms with Crippen LogP contribution in [-0.2, 0) is 0 Å². The second kappa shape index (κ2) is 8.89. The number of nitrogens with one attached hydrogen (secondary N) is 4. The Bertz CT molecular complexity index is 1510. The zero-order valence-corrected chi connectivity index (χ0v) is 19.7. The Morgan fingerprint density at radius 1 is 0.639 bits per heavy atom. The van der Waals surface area contributed by atoms with Crippen molar-refractivity contribution in [3.05, 3.63) is 60.8 Å². The van der Waals surface area contributed by atoms with Crippen LogP contribution in [0.1, 0.15) is 49.4 Å². The molecule has 2 unspecified atom stereocenters. The van der Waals surface area contributed by atoms with E-state index in [0.717, 1.165) is 71.1 Å². The minimum Gasteiger partial charge on any atom is -0.341 e. The molecule has 2 atom stereocenters. The number of rotatable bonds is 5. The highest BCUT2D eigenvalue weighted by atomic mass is 15.0. The molecule has 0 saturated carbocycles. The standard InChI is InChI=1S/C26H26N10/c1-3-18(27-7-1)25-32-12-21(35-25)15-5-6-17-20(9-15)29-14-23(34-17)24-30-10-16(11-31-24)22-13-33-26(36-22)19-4-2-8-28-19/h5-6,9-14,18-19,27-28H,1-4,7-8H2,(H,32,35)(H,33,36). The number of nitrogens with zero attached hydrogens (tertiary/aromatic N) is 6. The SMILES string of the molecule is c1cc2nc(-c3ncc(-c4cnc(C5CCCN5)[nH]4)cn3)cnc2cc1-c1cnc(C2CCCN2)[nH]1. The van der Waals surface area contributed by atoms with Gasteiger partial charge in [-0.1, -0.05) is 6.07 Å². The maximum Gasteiger partial charge on any atom is 0.179 e. The first-order chi connectivity index (χ1) is 17.8. The van der Waals surface area contributed by atoms with Crippen molar-refractivity contribution in [3.63, 3.8) is 0 Å². The maximum absolute atomic E-state index is 4.76. The number of benzene rings is 1. The lowest BCUT2D eigenvalue weighted by Gasteiger charge is -2.06. The van der Waals surface area contributed by atoms with Crippen LogP contribution in [0, 0.1) is 0 Å². The third-order valence-corrected chi connectivity index (χ3v) is 7.02. The first kappa shape index (κ1) is 21.3. The van der Waals surface area contributed by atoms with Gasteiger partial charge in [-0.2, -0.15) is 0 Å². The molecule has 10 heteroatoms. The van der Waals surface area contributed by atoms with Crippen molar-refractivity contribution in [1.29, 1.82) is 0 Å². The van der Waals surface area contributed by atoms with E-state index < -0.39 is 0 Å². The zero-order valence-electron chi connectivity index (χ0n) is 19.7. The van der Waals surface area contributed by atoms with Crippen molar-refractivity contribution < 1.29 is 0 Å². The Hall–Kier alpha value is -4.02. The van der Waals surface area contributed by atoms with Crippen molar-refractivity contribution in [1.82, 2.24) is 50.5 Å². The summed E-state index contributed by atoms with van der Waals surface area (Å²) in [5.74, 6) is 2.50. The van der Waals surface area contributed by atoms with E-state index in [1.165, 1.54) is 12.8 Å². The summed E-state index contributed by atoms with van der Waals surface area (Å²) < 4.78 is 0. The smallest absolute Gasteiger partial charge is 0.179 e. The van der Waals surface area contributed by atoms with Gasteiger partial charge < -0.3 is 20.6 Å². The van der Waals surface area contributed by atoms with Gasteiger partial charge in [0, 0.05) is 23.5 Å². The molecule has 36 heavy (non-hydrogen) atoms. The second-order valence-corrected chi connectivity index (χ2v) is 9.42. The Morgan fingerprint density at radius 2 is 1.31 bits per heavy atom. The van der Waals surface area contributed by atoms with Crippen LogP contribution in [0.2, 0.25) is 0 Å². The van der Waals surface area contributed by atoms with Crippen molar-refractivity contribution in [2.24, 2.45) is 0 Å². The number of aromatic amines is 2. The summed E-state index contributed by atoms with van der Waals surface area (Å²) in [6, 6.07) is 6.66. The molecule has 10 nitrogen and oxygen atoms in total. The number of hydrogen-bond donors (Lipinski definition) is 4. The molecule has 2 saturated heterocycles. The minimum absolute atomic E-state index is 0.298. The van der Waals surface area contributed by atoms with Crippen LogP contribution in [0.5, 0.6) is 0 Å². The normalized spacial score (nSPS) is 19.9. The van der Waals surface area contributed by atoms with E-state index >= 15 is 0 Å². The van der Waals surface area contributed by atoms with Crippen molar-refractivity contribution in [2.75, 3.05) is 13.1 Å². The summed E-state index contributed by atoms with van der Waals surface area (Å²) in [6.45, 7) is 2.08. The van der Waals surface area contributed by atoms with E-state index in [9.17, 15) is 0 Å². The molecule has 7 rings (SSSR count). The maximum atomic E-state index is 4.76. The first-order valence-electron chi connectivity index (χ1n) is 12.5. The highest BCUT2D eigenvalue weighted by Gasteiger charge is 2.20. The fraction of sp³-hybridized carbons (Fsp3) is 0.308. The molecule has 0 radical (unpaired) electrons. The molecule has 6 heterocycles. The molecule has 4 aromatic heterocycles. The van der Waals surface area contributed by atoms with Gasteiger partial charge in [0.25, 0.3) is 0 Å². The monoisotopic (exact) mass is 478 g/mol. The summed E-state index contributed by atoms with van der Waals surface area (Å²) in [5, 5.41) is 6.94. The molecule has 5 aromatic rings. The summed E-state index contributed by atoms with van der Waals surface area (Å²) in [7, 11) is 0. The Kier molecular flexibility index (Phi) is 5.25.